The number of nitrogens with zero attached hydrogens (tertiary/aromatic N) is 1. The first-order valence-electron chi connectivity index (χ1n) is 4.20. The van der Waals surface area contributed by atoms with E-state index in [1.165, 1.54) is 6.92 Å². The second kappa shape index (κ2) is 4.56. The van der Waals surface area contributed by atoms with Gasteiger partial charge < -0.3 is 5.11 Å². The first-order valence-corrected chi connectivity index (χ1v) is 5.00. The molecular formula is C9H7BrFNO4. The van der Waals surface area contributed by atoms with Gasteiger partial charge in [-0.25, -0.2) is 0 Å². The molecule has 7 heteroatoms. The number of nitro groups is 1. The smallest absolute Gasteiger partial charge is 0.310 e. The zero-order chi connectivity index (χ0) is 12.5. The summed E-state index contributed by atoms with van der Waals surface area (Å²) in [6.07, 6.45) is 0. The Morgan fingerprint density at radius 1 is 1.62 bits per heavy atom. The van der Waals surface area contributed by atoms with E-state index in [1.807, 2.05) is 0 Å². The molecule has 16 heavy (non-hydrogen) atoms. The van der Waals surface area contributed by atoms with Crippen molar-refractivity contribution < 1.29 is 19.2 Å². The molecule has 0 amide bonds. The lowest BCUT2D eigenvalue weighted by molar-refractivity contribution is -0.387. The molecule has 0 saturated carbocycles. The van der Waals surface area contributed by atoms with Crippen LogP contribution in [0.25, 0.3) is 0 Å². The Labute approximate surface area is 98.2 Å². The van der Waals surface area contributed by atoms with Gasteiger partial charge in [0.1, 0.15) is 0 Å². The molecule has 0 aliphatic heterocycles. The minimum atomic E-state index is -1.13. The minimum Gasteiger partial charge on any atom is -0.481 e. The number of benzene rings is 1. The lowest BCUT2D eigenvalue weighted by atomic mass is 10.0. The van der Waals surface area contributed by atoms with Gasteiger partial charge in [-0.2, -0.15) is 4.39 Å². The highest BCUT2D eigenvalue weighted by Gasteiger charge is 2.23. The summed E-state index contributed by atoms with van der Waals surface area (Å²) < 4.78 is 13.5. The molecule has 86 valence electrons. The Bertz CT molecular complexity index is 463. The Kier molecular flexibility index (Phi) is 3.58. The SMILES string of the molecule is CC(C(=O)O)c1cc(F)c([N+](=O)[O-])cc1Br. The van der Waals surface area contributed by atoms with Crippen LogP contribution in [-0.4, -0.2) is 16.0 Å². The van der Waals surface area contributed by atoms with Gasteiger partial charge in [0, 0.05) is 10.5 Å². The molecule has 0 aromatic heterocycles. The second-order valence-electron chi connectivity index (χ2n) is 3.14. The minimum absolute atomic E-state index is 0.163. The number of aliphatic carboxylic acids is 1. The monoisotopic (exact) mass is 291 g/mol. The number of halogens is 2. The summed E-state index contributed by atoms with van der Waals surface area (Å²) in [4.78, 5) is 20.3. The van der Waals surface area contributed by atoms with Gasteiger partial charge in [-0.05, 0) is 18.6 Å². The summed E-state index contributed by atoms with van der Waals surface area (Å²) in [5, 5.41) is 19.2. The van der Waals surface area contributed by atoms with Crippen LogP contribution in [0.4, 0.5) is 10.1 Å². The first-order chi connectivity index (χ1) is 7.34. The van der Waals surface area contributed by atoms with Crippen molar-refractivity contribution in [3.63, 3.8) is 0 Å². The molecule has 0 heterocycles. The third kappa shape index (κ3) is 2.35. The first kappa shape index (κ1) is 12.6. The van der Waals surface area contributed by atoms with Crippen LogP contribution in [0.2, 0.25) is 0 Å². The molecule has 0 spiro atoms. The highest BCUT2D eigenvalue weighted by molar-refractivity contribution is 9.10. The number of carboxylic acids is 1. The van der Waals surface area contributed by atoms with Crippen molar-refractivity contribution >= 4 is 27.6 Å². The van der Waals surface area contributed by atoms with Crippen molar-refractivity contribution in [1.82, 2.24) is 0 Å². The fraction of sp³-hybridized carbons (Fsp3) is 0.222. The van der Waals surface area contributed by atoms with Crippen LogP contribution in [0, 0.1) is 15.9 Å². The van der Waals surface area contributed by atoms with Crippen LogP contribution >= 0.6 is 15.9 Å². The Balaban J connectivity index is 3.31. The number of rotatable bonds is 3. The number of nitro benzene ring substituents is 1. The van der Waals surface area contributed by atoms with E-state index in [4.69, 9.17) is 5.11 Å². The van der Waals surface area contributed by atoms with E-state index in [9.17, 15) is 19.3 Å². The molecule has 1 aromatic carbocycles. The molecule has 0 saturated heterocycles. The summed E-state index contributed by atoms with van der Waals surface area (Å²) in [5.41, 5.74) is -0.524. The van der Waals surface area contributed by atoms with Crippen LogP contribution in [0.1, 0.15) is 18.4 Å². The number of carboxylic acid groups (broad SMARTS) is 1. The molecule has 0 aliphatic carbocycles. The van der Waals surface area contributed by atoms with Crippen LogP contribution in [-0.2, 0) is 4.79 Å². The molecule has 1 N–H and O–H groups in total. The van der Waals surface area contributed by atoms with Gasteiger partial charge in [0.05, 0.1) is 10.8 Å². The largest absolute Gasteiger partial charge is 0.481 e. The maximum Gasteiger partial charge on any atom is 0.310 e. The predicted octanol–water partition coefficient (Wildman–Crippen LogP) is 2.68. The molecule has 0 bridgehead atoms. The molecule has 1 atom stereocenters. The average Bonchev–Trinajstić information content (AvgIpc) is 2.19. The third-order valence-electron chi connectivity index (χ3n) is 2.10. The Morgan fingerprint density at radius 3 is 2.62 bits per heavy atom. The van der Waals surface area contributed by atoms with Crippen LogP contribution in [0.15, 0.2) is 16.6 Å². The molecular weight excluding hydrogens is 285 g/mol. The van der Waals surface area contributed by atoms with Crippen LogP contribution in [0.5, 0.6) is 0 Å². The molecule has 1 unspecified atom stereocenters. The maximum atomic E-state index is 13.2. The van der Waals surface area contributed by atoms with Gasteiger partial charge in [0.2, 0.25) is 5.82 Å². The predicted molar refractivity (Wildman–Crippen MR) is 56.8 cm³/mol. The van der Waals surface area contributed by atoms with E-state index >= 15 is 0 Å². The van der Waals surface area contributed by atoms with E-state index in [-0.39, 0.29) is 10.0 Å². The molecule has 0 fully saturated rings. The molecule has 1 aromatic rings. The van der Waals surface area contributed by atoms with Crippen molar-refractivity contribution in [2.75, 3.05) is 0 Å². The van der Waals surface area contributed by atoms with E-state index in [2.05, 4.69) is 15.9 Å². The summed E-state index contributed by atoms with van der Waals surface area (Å²) in [6, 6.07) is 1.82. The highest BCUT2D eigenvalue weighted by atomic mass is 79.9. The van der Waals surface area contributed by atoms with Crippen molar-refractivity contribution in [3.8, 4) is 0 Å². The van der Waals surface area contributed by atoms with Gasteiger partial charge in [0.15, 0.2) is 0 Å². The van der Waals surface area contributed by atoms with Gasteiger partial charge in [-0.1, -0.05) is 15.9 Å². The van der Waals surface area contributed by atoms with Crippen molar-refractivity contribution in [1.29, 1.82) is 0 Å². The normalized spacial score (nSPS) is 12.2. The van der Waals surface area contributed by atoms with Gasteiger partial charge in [0.25, 0.3) is 0 Å². The zero-order valence-electron chi connectivity index (χ0n) is 8.11. The summed E-state index contributed by atoms with van der Waals surface area (Å²) in [7, 11) is 0. The fourth-order valence-electron chi connectivity index (χ4n) is 1.16. The maximum absolute atomic E-state index is 13.2. The molecule has 0 radical (unpaired) electrons. The second-order valence-corrected chi connectivity index (χ2v) is 4.00. The Hall–Kier alpha value is -1.50. The number of hydrogen-bond acceptors (Lipinski definition) is 3. The van der Waals surface area contributed by atoms with Crippen LogP contribution in [0.3, 0.4) is 0 Å². The quantitative estimate of drug-likeness (QED) is 0.686. The van der Waals surface area contributed by atoms with E-state index in [1.54, 1.807) is 0 Å². The fourth-order valence-corrected chi connectivity index (χ4v) is 1.83. The lowest BCUT2D eigenvalue weighted by Crippen LogP contribution is -2.09. The van der Waals surface area contributed by atoms with Crippen molar-refractivity contribution in [2.45, 2.75) is 12.8 Å². The number of hydrogen-bond donors (Lipinski definition) is 1. The van der Waals surface area contributed by atoms with E-state index in [0.29, 0.717) is 0 Å². The average molecular weight is 292 g/mol. The highest BCUT2D eigenvalue weighted by Crippen LogP contribution is 2.31. The topological polar surface area (TPSA) is 80.4 Å². The van der Waals surface area contributed by atoms with E-state index < -0.39 is 28.3 Å². The lowest BCUT2D eigenvalue weighted by Gasteiger charge is -2.09. The third-order valence-corrected chi connectivity index (χ3v) is 2.79. The van der Waals surface area contributed by atoms with Crippen LogP contribution < -0.4 is 0 Å². The molecule has 5 nitrogen and oxygen atoms in total. The standard InChI is InChI=1S/C9H7BrFNO4/c1-4(9(13)14)5-2-7(11)8(12(15)16)3-6(5)10/h2-4H,1H3,(H,13,14). The van der Waals surface area contributed by atoms with Crippen molar-refractivity contribution in [2.24, 2.45) is 0 Å². The Morgan fingerprint density at radius 2 is 2.19 bits per heavy atom. The molecule has 1 rings (SSSR count). The van der Waals surface area contributed by atoms with Gasteiger partial charge in [-0.15, -0.1) is 0 Å². The van der Waals surface area contributed by atoms with E-state index in [0.717, 1.165) is 12.1 Å². The summed E-state index contributed by atoms with van der Waals surface area (Å²) in [6.45, 7) is 1.37. The summed E-state index contributed by atoms with van der Waals surface area (Å²) >= 11 is 2.98. The zero-order valence-corrected chi connectivity index (χ0v) is 9.69. The summed E-state index contributed by atoms with van der Waals surface area (Å²) in [5.74, 6) is -3.12. The molecule has 0 aliphatic rings. The van der Waals surface area contributed by atoms with Crippen molar-refractivity contribution in [3.05, 3.63) is 38.1 Å². The van der Waals surface area contributed by atoms with Gasteiger partial charge >= 0.3 is 11.7 Å². The number of carbonyl (C=O) groups is 1. The van der Waals surface area contributed by atoms with Gasteiger partial charge in [-0.3, -0.25) is 14.9 Å².